The third-order valence-electron chi connectivity index (χ3n) is 2.59. The molecule has 0 spiro atoms. The summed E-state index contributed by atoms with van der Waals surface area (Å²) in [4.78, 5) is 11.2. The Bertz CT molecular complexity index is 368. The van der Waals surface area contributed by atoms with Crippen molar-refractivity contribution in [1.29, 1.82) is 0 Å². The van der Waals surface area contributed by atoms with Gasteiger partial charge in [0.2, 0.25) is 0 Å². The molecule has 1 aromatic rings. The second kappa shape index (κ2) is 7.77. The van der Waals surface area contributed by atoms with Crippen LogP contribution in [-0.4, -0.2) is 22.6 Å². The summed E-state index contributed by atoms with van der Waals surface area (Å²) >= 11 is 5.25. The molecule has 1 aromatic carbocycles. The predicted octanol–water partition coefficient (Wildman–Crippen LogP) is 3.84. The Morgan fingerprint density at radius 3 is 2.76 bits per heavy atom. The normalized spacial score (nSPS) is 12.4. The zero-order valence-corrected chi connectivity index (χ0v) is 12.3. The number of halogens is 1. The molecule has 0 heterocycles. The minimum atomic E-state index is -0.697. The third-order valence-corrected chi connectivity index (χ3v) is 4.29. The standard InChI is InChI=1S/C13H17BrO2S/c1-2-17-8-7-11(13(15)16)9-10-5-3-4-6-12(10)14/h3-6,11H,2,7-9H2,1H3,(H,15,16). The highest BCUT2D eigenvalue weighted by atomic mass is 79.9. The number of thioether (sulfide) groups is 1. The first-order valence-electron chi connectivity index (χ1n) is 5.69. The van der Waals surface area contributed by atoms with E-state index in [0.717, 1.165) is 28.0 Å². The van der Waals surface area contributed by atoms with Gasteiger partial charge in [-0.15, -0.1) is 0 Å². The molecule has 0 saturated heterocycles. The van der Waals surface area contributed by atoms with E-state index in [9.17, 15) is 9.90 Å². The Balaban J connectivity index is 2.61. The van der Waals surface area contributed by atoms with Gasteiger partial charge in [-0.05, 0) is 36.0 Å². The van der Waals surface area contributed by atoms with Crippen molar-refractivity contribution in [3.63, 3.8) is 0 Å². The molecule has 0 saturated carbocycles. The van der Waals surface area contributed by atoms with Crippen LogP contribution in [0.4, 0.5) is 0 Å². The summed E-state index contributed by atoms with van der Waals surface area (Å²) < 4.78 is 0.995. The van der Waals surface area contributed by atoms with Gasteiger partial charge in [0.05, 0.1) is 5.92 Å². The maximum Gasteiger partial charge on any atom is 0.306 e. The van der Waals surface area contributed by atoms with Gasteiger partial charge in [0.1, 0.15) is 0 Å². The highest BCUT2D eigenvalue weighted by Gasteiger charge is 2.18. The molecule has 0 fully saturated rings. The van der Waals surface area contributed by atoms with Crippen LogP contribution in [0.3, 0.4) is 0 Å². The van der Waals surface area contributed by atoms with Crippen molar-refractivity contribution in [1.82, 2.24) is 0 Å². The molecule has 0 aliphatic carbocycles. The lowest BCUT2D eigenvalue weighted by molar-refractivity contribution is -0.141. The Kier molecular flexibility index (Phi) is 6.66. The topological polar surface area (TPSA) is 37.3 Å². The van der Waals surface area contributed by atoms with Crippen LogP contribution >= 0.6 is 27.7 Å². The smallest absolute Gasteiger partial charge is 0.306 e. The zero-order valence-electron chi connectivity index (χ0n) is 9.86. The Morgan fingerprint density at radius 2 is 2.18 bits per heavy atom. The van der Waals surface area contributed by atoms with Gasteiger partial charge in [-0.25, -0.2) is 0 Å². The Hall–Kier alpha value is -0.480. The van der Waals surface area contributed by atoms with Crippen LogP contribution < -0.4 is 0 Å². The van der Waals surface area contributed by atoms with E-state index in [0.29, 0.717) is 6.42 Å². The fourth-order valence-corrected chi connectivity index (χ4v) is 2.80. The second-order valence-electron chi connectivity index (χ2n) is 3.82. The van der Waals surface area contributed by atoms with Gasteiger partial charge < -0.3 is 5.11 Å². The molecular weight excluding hydrogens is 300 g/mol. The van der Waals surface area contributed by atoms with E-state index >= 15 is 0 Å². The fraction of sp³-hybridized carbons (Fsp3) is 0.462. The number of carboxylic acids is 1. The van der Waals surface area contributed by atoms with Crippen molar-refractivity contribution in [2.45, 2.75) is 19.8 Å². The maximum atomic E-state index is 11.2. The van der Waals surface area contributed by atoms with Crippen molar-refractivity contribution in [2.75, 3.05) is 11.5 Å². The zero-order chi connectivity index (χ0) is 12.7. The molecule has 0 aromatic heterocycles. The molecule has 0 bridgehead atoms. The van der Waals surface area contributed by atoms with E-state index in [2.05, 4.69) is 22.9 Å². The van der Waals surface area contributed by atoms with Gasteiger partial charge in [-0.3, -0.25) is 4.79 Å². The highest BCUT2D eigenvalue weighted by Crippen LogP contribution is 2.22. The first-order valence-corrected chi connectivity index (χ1v) is 7.63. The number of rotatable bonds is 7. The van der Waals surface area contributed by atoms with Crippen molar-refractivity contribution in [2.24, 2.45) is 5.92 Å². The quantitative estimate of drug-likeness (QED) is 0.777. The maximum absolute atomic E-state index is 11.2. The minimum absolute atomic E-state index is 0.284. The van der Waals surface area contributed by atoms with Crippen LogP contribution in [0.1, 0.15) is 18.9 Å². The highest BCUT2D eigenvalue weighted by molar-refractivity contribution is 9.10. The average molecular weight is 317 g/mol. The van der Waals surface area contributed by atoms with Gasteiger partial charge in [-0.2, -0.15) is 11.8 Å². The molecule has 0 amide bonds. The summed E-state index contributed by atoms with van der Waals surface area (Å²) in [5.41, 5.74) is 1.07. The average Bonchev–Trinajstić information content (AvgIpc) is 2.30. The molecule has 1 unspecified atom stereocenters. The monoisotopic (exact) mass is 316 g/mol. The van der Waals surface area contributed by atoms with Crippen LogP contribution in [0, 0.1) is 5.92 Å². The number of aliphatic carboxylic acids is 1. The van der Waals surface area contributed by atoms with E-state index in [1.807, 2.05) is 24.3 Å². The largest absolute Gasteiger partial charge is 0.481 e. The Labute approximate surface area is 115 Å². The molecule has 0 aliphatic heterocycles. The molecule has 2 nitrogen and oxygen atoms in total. The molecule has 0 aliphatic rings. The summed E-state index contributed by atoms with van der Waals surface area (Å²) in [6.45, 7) is 2.09. The molecule has 94 valence electrons. The van der Waals surface area contributed by atoms with E-state index in [1.165, 1.54) is 0 Å². The van der Waals surface area contributed by atoms with E-state index in [4.69, 9.17) is 0 Å². The van der Waals surface area contributed by atoms with Crippen LogP contribution in [0.5, 0.6) is 0 Å². The molecule has 1 atom stereocenters. The summed E-state index contributed by atoms with van der Waals surface area (Å²) in [5.74, 6) is 0.976. The molecule has 4 heteroatoms. The lowest BCUT2D eigenvalue weighted by Crippen LogP contribution is -2.17. The molecular formula is C13H17BrO2S. The SMILES string of the molecule is CCSCCC(Cc1ccccc1Br)C(=O)O. The van der Waals surface area contributed by atoms with Crippen LogP contribution in [0.15, 0.2) is 28.7 Å². The lowest BCUT2D eigenvalue weighted by Gasteiger charge is -2.13. The van der Waals surface area contributed by atoms with E-state index in [-0.39, 0.29) is 5.92 Å². The summed E-state index contributed by atoms with van der Waals surface area (Å²) in [7, 11) is 0. The van der Waals surface area contributed by atoms with Crippen LogP contribution in [0.25, 0.3) is 0 Å². The predicted molar refractivity (Wildman–Crippen MR) is 76.6 cm³/mol. The minimum Gasteiger partial charge on any atom is -0.481 e. The van der Waals surface area contributed by atoms with Crippen LogP contribution in [-0.2, 0) is 11.2 Å². The molecule has 0 radical (unpaired) electrons. The van der Waals surface area contributed by atoms with Crippen molar-refractivity contribution < 1.29 is 9.90 Å². The molecule has 1 rings (SSSR count). The van der Waals surface area contributed by atoms with E-state index < -0.39 is 5.97 Å². The van der Waals surface area contributed by atoms with Gasteiger partial charge in [0.15, 0.2) is 0 Å². The van der Waals surface area contributed by atoms with Crippen molar-refractivity contribution in [3.8, 4) is 0 Å². The Morgan fingerprint density at radius 1 is 1.47 bits per heavy atom. The molecule has 17 heavy (non-hydrogen) atoms. The number of hydrogen-bond acceptors (Lipinski definition) is 2. The summed E-state index contributed by atoms with van der Waals surface area (Å²) in [6, 6.07) is 7.82. The van der Waals surface area contributed by atoms with Crippen molar-refractivity contribution in [3.05, 3.63) is 34.3 Å². The van der Waals surface area contributed by atoms with Crippen molar-refractivity contribution >= 4 is 33.7 Å². The third kappa shape index (κ3) is 5.13. The number of hydrogen-bond donors (Lipinski definition) is 1. The van der Waals surface area contributed by atoms with Gasteiger partial charge in [0.25, 0.3) is 0 Å². The second-order valence-corrected chi connectivity index (χ2v) is 6.06. The first kappa shape index (κ1) is 14.6. The number of carbonyl (C=O) groups is 1. The van der Waals surface area contributed by atoms with Gasteiger partial charge in [-0.1, -0.05) is 41.1 Å². The van der Waals surface area contributed by atoms with E-state index in [1.54, 1.807) is 11.8 Å². The van der Waals surface area contributed by atoms with Gasteiger partial charge >= 0.3 is 5.97 Å². The fourth-order valence-electron chi connectivity index (χ4n) is 1.61. The molecule has 1 N–H and O–H groups in total. The number of benzene rings is 1. The summed E-state index contributed by atoms with van der Waals surface area (Å²) in [5, 5.41) is 9.20. The first-order chi connectivity index (χ1) is 8.15. The lowest BCUT2D eigenvalue weighted by atomic mass is 9.97. The number of carboxylic acid groups (broad SMARTS) is 1. The van der Waals surface area contributed by atoms with Gasteiger partial charge in [0, 0.05) is 4.47 Å². The van der Waals surface area contributed by atoms with Crippen LogP contribution in [0.2, 0.25) is 0 Å². The summed E-state index contributed by atoms with van der Waals surface area (Å²) in [6.07, 6.45) is 1.33.